The van der Waals surface area contributed by atoms with Gasteiger partial charge < -0.3 is 0 Å². The van der Waals surface area contributed by atoms with Crippen molar-refractivity contribution < 1.29 is 22.0 Å². The number of benzene rings is 2. The minimum Gasteiger partial charge on any atom is -0.298 e. The highest BCUT2D eigenvalue weighted by Gasteiger charge is 2.20. The van der Waals surface area contributed by atoms with Crippen LogP contribution in [0.5, 0.6) is 0 Å². The lowest BCUT2D eigenvalue weighted by molar-refractivity contribution is -0.116. The molecule has 0 unspecified atom stereocenters. The Bertz CT molecular complexity index is 770. The predicted molar refractivity (Wildman–Crippen MR) is 73.6 cm³/mol. The number of hydrogen-bond donors (Lipinski definition) is 0. The number of carbonyl (C=O) groups excluding carboxylic acids is 1. The molecule has 0 fully saturated rings. The quantitative estimate of drug-likeness (QED) is 0.853. The lowest BCUT2D eigenvalue weighted by Crippen LogP contribution is -2.18. The number of hydrogen-bond acceptors (Lipinski definition) is 3. The number of ketones is 1. The molecule has 0 saturated carbocycles. The van der Waals surface area contributed by atoms with Crippen molar-refractivity contribution in [3.63, 3.8) is 0 Å². The molecule has 0 atom stereocenters. The van der Waals surface area contributed by atoms with Crippen LogP contribution < -0.4 is 0 Å². The van der Waals surface area contributed by atoms with E-state index in [9.17, 15) is 22.0 Å². The van der Waals surface area contributed by atoms with Gasteiger partial charge in [-0.3, -0.25) is 4.79 Å². The summed E-state index contributed by atoms with van der Waals surface area (Å²) in [4.78, 5) is 11.5. The average Bonchev–Trinajstić information content (AvgIpc) is 2.41. The monoisotopic (exact) mass is 310 g/mol. The summed E-state index contributed by atoms with van der Waals surface area (Å²) in [5, 5.41) is 0. The van der Waals surface area contributed by atoms with Gasteiger partial charge in [-0.25, -0.2) is 17.2 Å². The van der Waals surface area contributed by atoms with Gasteiger partial charge in [-0.2, -0.15) is 0 Å². The third-order valence-corrected chi connectivity index (χ3v) is 4.53. The van der Waals surface area contributed by atoms with E-state index in [0.717, 1.165) is 12.1 Å². The van der Waals surface area contributed by atoms with Crippen LogP contribution in [0.15, 0.2) is 53.4 Å². The summed E-state index contributed by atoms with van der Waals surface area (Å²) in [6.07, 6.45) is -0.318. The van der Waals surface area contributed by atoms with Gasteiger partial charge in [-0.15, -0.1) is 0 Å². The van der Waals surface area contributed by atoms with Gasteiger partial charge >= 0.3 is 0 Å². The number of halogens is 2. The highest BCUT2D eigenvalue weighted by molar-refractivity contribution is 7.92. The highest BCUT2D eigenvalue weighted by atomic mass is 32.2. The van der Waals surface area contributed by atoms with Crippen LogP contribution in [0.25, 0.3) is 0 Å². The Kier molecular flexibility index (Phi) is 4.47. The fourth-order valence-corrected chi connectivity index (χ4v) is 3.13. The van der Waals surface area contributed by atoms with Crippen molar-refractivity contribution in [1.82, 2.24) is 0 Å². The van der Waals surface area contributed by atoms with Gasteiger partial charge in [0.15, 0.2) is 15.6 Å². The van der Waals surface area contributed by atoms with Gasteiger partial charge in [0.2, 0.25) is 0 Å². The molecule has 0 aliphatic rings. The van der Waals surface area contributed by atoms with Crippen LogP contribution >= 0.6 is 0 Å². The summed E-state index contributed by atoms with van der Waals surface area (Å²) in [6, 6.07) is 10.1. The second-order valence-corrected chi connectivity index (χ2v) is 6.51. The number of rotatable bonds is 5. The Hall–Kier alpha value is -2.08. The molecule has 0 saturated heterocycles. The van der Waals surface area contributed by atoms with Crippen molar-refractivity contribution in [2.45, 2.75) is 11.3 Å². The summed E-state index contributed by atoms with van der Waals surface area (Å²) in [7, 11) is -3.93. The second kappa shape index (κ2) is 6.13. The first kappa shape index (κ1) is 15.3. The summed E-state index contributed by atoms with van der Waals surface area (Å²) in [5.41, 5.74) is 0.136. The number of carbonyl (C=O) groups is 1. The molecule has 0 radical (unpaired) electrons. The van der Waals surface area contributed by atoms with Gasteiger partial charge in [-0.05, 0) is 29.8 Å². The zero-order chi connectivity index (χ0) is 15.5. The van der Waals surface area contributed by atoms with E-state index in [-0.39, 0.29) is 16.9 Å². The maximum absolute atomic E-state index is 13.4. The molecule has 0 aliphatic carbocycles. The number of sulfone groups is 1. The standard InChI is InChI=1S/C15H12F2O3S/c16-12-5-3-6-14(9-12)21(19,20)10-13(18)8-11-4-1-2-7-15(11)17/h1-7,9H,8,10H2. The molecule has 6 heteroatoms. The molecule has 2 aromatic rings. The molecule has 2 aromatic carbocycles. The molecule has 0 aromatic heterocycles. The first-order valence-electron chi connectivity index (χ1n) is 6.12. The second-order valence-electron chi connectivity index (χ2n) is 4.52. The molecule has 0 bridgehead atoms. The molecule has 0 N–H and O–H groups in total. The van der Waals surface area contributed by atoms with Crippen LogP contribution in [-0.4, -0.2) is 20.0 Å². The van der Waals surface area contributed by atoms with Crippen LogP contribution in [0.2, 0.25) is 0 Å². The Balaban J connectivity index is 2.14. The molecule has 0 amide bonds. The summed E-state index contributed by atoms with van der Waals surface area (Å²) >= 11 is 0. The van der Waals surface area contributed by atoms with E-state index >= 15 is 0 Å². The van der Waals surface area contributed by atoms with Gasteiger partial charge in [-0.1, -0.05) is 24.3 Å². The van der Waals surface area contributed by atoms with Gasteiger partial charge in [0.1, 0.15) is 17.4 Å². The van der Waals surface area contributed by atoms with Crippen LogP contribution in [0.3, 0.4) is 0 Å². The van der Waals surface area contributed by atoms with E-state index in [4.69, 9.17) is 0 Å². The van der Waals surface area contributed by atoms with E-state index in [0.29, 0.717) is 0 Å². The van der Waals surface area contributed by atoms with Crippen LogP contribution in [0.1, 0.15) is 5.56 Å². The molecule has 21 heavy (non-hydrogen) atoms. The molecule has 0 heterocycles. The summed E-state index contributed by atoms with van der Waals surface area (Å²) in [6.45, 7) is 0. The Labute approximate surface area is 121 Å². The third kappa shape index (κ3) is 3.95. The van der Waals surface area contributed by atoms with E-state index < -0.39 is 33.0 Å². The zero-order valence-corrected chi connectivity index (χ0v) is 11.7. The minimum atomic E-state index is -3.93. The third-order valence-electron chi connectivity index (χ3n) is 2.85. The van der Waals surface area contributed by atoms with Gasteiger partial charge in [0, 0.05) is 6.42 Å². The molecular weight excluding hydrogens is 298 g/mol. The van der Waals surface area contributed by atoms with Crippen molar-refractivity contribution in [2.75, 3.05) is 5.75 Å². The zero-order valence-electron chi connectivity index (χ0n) is 10.9. The Morgan fingerprint density at radius 1 is 1.00 bits per heavy atom. The molecule has 0 spiro atoms. The number of Topliss-reactive ketones (excluding diaryl/α,β-unsaturated/α-hetero) is 1. The van der Waals surface area contributed by atoms with Gasteiger partial charge in [0.05, 0.1) is 4.90 Å². The Morgan fingerprint density at radius 2 is 1.71 bits per heavy atom. The van der Waals surface area contributed by atoms with Crippen molar-refractivity contribution in [3.8, 4) is 0 Å². The fourth-order valence-electron chi connectivity index (χ4n) is 1.86. The van der Waals surface area contributed by atoms with E-state index in [1.165, 1.54) is 30.3 Å². The minimum absolute atomic E-state index is 0.136. The van der Waals surface area contributed by atoms with Crippen molar-refractivity contribution >= 4 is 15.6 Å². The topological polar surface area (TPSA) is 51.2 Å². The maximum atomic E-state index is 13.4. The van der Waals surface area contributed by atoms with Crippen molar-refractivity contribution in [1.29, 1.82) is 0 Å². The predicted octanol–water partition coefficient (Wildman–Crippen LogP) is 2.55. The summed E-state index contributed by atoms with van der Waals surface area (Å²) in [5.74, 6) is -2.69. The molecule has 0 aliphatic heterocycles. The molecule has 110 valence electrons. The Morgan fingerprint density at radius 3 is 2.38 bits per heavy atom. The van der Waals surface area contributed by atoms with Crippen LogP contribution in [-0.2, 0) is 21.1 Å². The smallest absolute Gasteiger partial charge is 0.185 e. The van der Waals surface area contributed by atoms with E-state index in [2.05, 4.69) is 0 Å². The fraction of sp³-hybridized carbons (Fsp3) is 0.133. The summed E-state index contributed by atoms with van der Waals surface area (Å²) < 4.78 is 50.4. The first-order chi connectivity index (χ1) is 9.88. The van der Waals surface area contributed by atoms with Crippen molar-refractivity contribution in [2.24, 2.45) is 0 Å². The molecular formula is C15H12F2O3S. The lowest BCUT2D eigenvalue weighted by Gasteiger charge is -2.05. The van der Waals surface area contributed by atoms with E-state index in [1.807, 2.05) is 0 Å². The van der Waals surface area contributed by atoms with Crippen LogP contribution in [0.4, 0.5) is 8.78 Å². The average molecular weight is 310 g/mol. The largest absolute Gasteiger partial charge is 0.298 e. The lowest BCUT2D eigenvalue weighted by atomic mass is 10.1. The first-order valence-corrected chi connectivity index (χ1v) is 7.77. The van der Waals surface area contributed by atoms with Crippen molar-refractivity contribution in [3.05, 3.63) is 65.7 Å². The van der Waals surface area contributed by atoms with Crippen LogP contribution in [0, 0.1) is 11.6 Å². The molecule has 2 rings (SSSR count). The van der Waals surface area contributed by atoms with Gasteiger partial charge in [0.25, 0.3) is 0 Å². The van der Waals surface area contributed by atoms with E-state index in [1.54, 1.807) is 6.07 Å². The highest BCUT2D eigenvalue weighted by Crippen LogP contribution is 2.14. The molecule has 3 nitrogen and oxygen atoms in total. The SMILES string of the molecule is O=C(Cc1ccccc1F)CS(=O)(=O)c1cccc(F)c1. The normalized spacial score (nSPS) is 11.3. The maximum Gasteiger partial charge on any atom is 0.185 e.